The molecular formula is C10H11BO. The lowest BCUT2D eigenvalue weighted by Crippen LogP contribution is -2.16. The van der Waals surface area contributed by atoms with Gasteiger partial charge < -0.3 is 0 Å². The van der Waals surface area contributed by atoms with Gasteiger partial charge in [-0.25, -0.2) is 0 Å². The molecule has 0 saturated heterocycles. The van der Waals surface area contributed by atoms with E-state index >= 15 is 0 Å². The summed E-state index contributed by atoms with van der Waals surface area (Å²) in [5.41, 5.74) is 4.64. The zero-order chi connectivity index (χ0) is 8.72. The number of hydrogen-bond donors (Lipinski definition) is 0. The van der Waals surface area contributed by atoms with Gasteiger partial charge >= 0.3 is 0 Å². The normalized spacial score (nSPS) is 14.9. The molecule has 2 heteroatoms. The third-order valence-corrected chi connectivity index (χ3v) is 2.72. The maximum atomic E-state index is 11.4. The van der Waals surface area contributed by atoms with Crippen LogP contribution in [-0.2, 0) is 6.42 Å². The Bertz CT molecular complexity index is 355. The molecule has 1 aliphatic rings. The van der Waals surface area contributed by atoms with E-state index in [2.05, 4.69) is 19.1 Å². The van der Waals surface area contributed by atoms with E-state index in [-0.39, 0.29) is 0 Å². The molecule has 0 amide bonds. The van der Waals surface area contributed by atoms with Crippen LogP contribution in [-0.4, -0.2) is 13.6 Å². The summed E-state index contributed by atoms with van der Waals surface area (Å²) in [4.78, 5) is 11.4. The summed E-state index contributed by atoms with van der Waals surface area (Å²) in [5.74, 6) is 0.325. The lowest BCUT2D eigenvalue weighted by Gasteiger charge is -2.05. The first-order valence-electron chi connectivity index (χ1n) is 4.32. The summed E-state index contributed by atoms with van der Waals surface area (Å²) in [6.07, 6.45) is 1.65. The topological polar surface area (TPSA) is 17.1 Å². The number of carbonyl (C=O) groups is 1. The molecule has 0 N–H and O–H groups in total. The Kier molecular flexibility index (Phi) is 1.57. The lowest BCUT2D eigenvalue weighted by molar-refractivity contribution is 0.0995. The molecule has 0 spiro atoms. The molecule has 2 rings (SSSR count). The number of hydrogen-bond acceptors (Lipinski definition) is 1. The van der Waals surface area contributed by atoms with Gasteiger partial charge in [0.15, 0.2) is 5.78 Å². The van der Waals surface area contributed by atoms with Crippen molar-refractivity contribution < 1.29 is 4.79 Å². The van der Waals surface area contributed by atoms with Gasteiger partial charge in [0.1, 0.15) is 7.85 Å². The maximum Gasteiger partial charge on any atom is 0.162 e. The molecule has 0 saturated carbocycles. The summed E-state index contributed by atoms with van der Waals surface area (Å²) < 4.78 is 0. The summed E-state index contributed by atoms with van der Waals surface area (Å²) in [6, 6.07) is 4.19. The molecule has 1 aliphatic carbocycles. The highest BCUT2D eigenvalue weighted by molar-refractivity contribution is 6.38. The Labute approximate surface area is 73.2 Å². The van der Waals surface area contributed by atoms with Crippen molar-refractivity contribution in [3.05, 3.63) is 28.8 Å². The van der Waals surface area contributed by atoms with Crippen molar-refractivity contribution >= 4 is 19.1 Å². The molecule has 12 heavy (non-hydrogen) atoms. The second kappa shape index (κ2) is 2.48. The van der Waals surface area contributed by atoms with Crippen LogP contribution >= 0.6 is 0 Å². The zero-order valence-corrected chi connectivity index (χ0v) is 7.48. The molecule has 0 bridgehead atoms. The molecule has 0 atom stereocenters. The van der Waals surface area contributed by atoms with Crippen molar-refractivity contribution in [2.24, 2.45) is 0 Å². The summed E-state index contributed by atoms with van der Waals surface area (Å²) in [5, 5.41) is 0. The van der Waals surface area contributed by atoms with Gasteiger partial charge in [-0.3, -0.25) is 4.79 Å². The van der Waals surface area contributed by atoms with Crippen molar-refractivity contribution in [2.45, 2.75) is 19.8 Å². The third kappa shape index (κ3) is 0.910. The zero-order valence-electron chi connectivity index (χ0n) is 7.48. The van der Waals surface area contributed by atoms with Crippen molar-refractivity contribution in [2.75, 3.05) is 0 Å². The van der Waals surface area contributed by atoms with Gasteiger partial charge in [0, 0.05) is 12.0 Å². The number of carbonyl (C=O) groups excluding carboxylic acids is 1. The quantitative estimate of drug-likeness (QED) is 0.499. The van der Waals surface area contributed by atoms with Crippen molar-refractivity contribution in [1.29, 1.82) is 0 Å². The van der Waals surface area contributed by atoms with Crippen LogP contribution in [0.4, 0.5) is 0 Å². The fourth-order valence-corrected chi connectivity index (χ4v) is 1.84. The van der Waals surface area contributed by atoms with Crippen LogP contribution in [0.2, 0.25) is 0 Å². The number of benzene rings is 1. The Morgan fingerprint density at radius 2 is 2.08 bits per heavy atom. The van der Waals surface area contributed by atoms with Crippen LogP contribution in [0.1, 0.15) is 27.9 Å². The van der Waals surface area contributed by atoms with E-state index in [9.17, 15) is 4.79 Å². The Morgan fingerprint density at radius 1 is 1.33 bits per heavy atom. The fraction of sp³-hybridized carbons (Fsp3) is 0.300. The molecular weight excluding hydrogens is 147 g/mol. The summed E-state index contributed by atoms with van der Waals surface area (Å²) in [6.45, 7) is 2.06. The molecule has 0 heterocycles. The van der Waals surface area contributed by atoms with Crippen LogP contribution in [0.15, 0.2) is 12.1 Å². The van der Waals surface area contributed by atoms with Crippen molar-refractivity contribution in [3.8, 4) is 0 Å². The Hall–Kier alpha value is -1.05. The minimum absolute atomic E-state index is 0.325. The van der Waals surface area contributed by atoms with Crippen molar-refractivity contribution in [1.82, 2.24) is 0 Å². The molecule has 1 aromatic rings. The molecule has 0 fully saturated rings. The number of fused-ring (bicyclic) bond motifs is 1. The van der Waals surface area contributed by atoms with Crippen LogP contribution in [0.3, 0.4) is 0 Å². The lowest BCUT2D eigenvalue weighted by atomic mass is 9.84. The Balaban J connectivity index is 2.71. The van der Waals surface area contributed by atoms with Gasteiger partial charge in [-0.05, 0) is 18.9 Å². The summed E-state index contributed by atoms with van der Waals surface area (Å²) >= 11 is 0. The van der Waals surface area contributed by atoms with Crippen LogP contribution in [0.5, 0.6) is 0 Å². The maximum absolute atomic E-state index is 11.4. The first-order valence-corrected chi connectivity index (χ1v) is 4.32. The third-order valence-electron chi connectivity index (χ3n) is 2.72. The number of aryl methyl sites for hydroxylation is 2. The second-order valence-corrected chi connectivity index (χ2v) is 3.46. The summed E-state index contributed by atoms with van der Waals surface area (Å²) in [7, 11) is 2.04. The van der Waals surface area contributed by atoms with Gasteiger partial charge in [0.05, 0.1) is 0 Å². The monoisotopic (exact) mass is 158 g/mol. The van der Waals surface area contributed by atoms with Gasteiger partial charge in [0.2, 0.25) is 0 Å². The molecule has 0 radical (unpaired) electrons. The van der Waals surface area contributed by atoms with Crippen LogP contribution in [0.25, 0.3) is 0 Å². The number of Topliss-reactive ketones (excluding diaryl/α,β-unsaturated/α-hetero) is 1. The van der Waals surface area contributed by atoms with Gasteiger partial charge in [-0.2, -0.15) is 0 Å². The molecule has 60 valence electrons. The SMILES string of the molecule is Bc1c(C)ccc2c1C(=O)CC2. The fourth-order valence-electron chi connectivity index (χ4n) is 1.84. The van der Waals surface area contributed by atoms with Crippen LogP contribution < -0.4 is 5.46 Å². The smallest absolute Gasteiger partial charge is 0.162 e. The van der Waals surface area contributed by atoms with E-state index in [4.69, 9.17) is 0 Å². The van der Waals surface area contributed by atoms with Crippen molar-refractivity contribution in [3.63, 3.8) is 0 Å². The average Bonchev–Trinajstić information content (AvgIpc) is 2.41. The predicted molar refractivity (Wildman–Crippen MR) is 52.0 cm³/mol. The highest BCUT2D eigenvalue weighted by atomic mass is 16.1. The number of ketones is 1. The van der Waals surface area contributed by atoms with E-state index in [0.29, 0.717) is 12.2 Å². The Morgan fingerprint density at radius 3 is 2.83 bits per heavy atom. The molecule has 1 nitrogen and oxygen atoms in total. The first-order chi connectivity index (χ1) is 5.70. The van der Waals surface area contributed by atoms with Gasteiger partial charge in [0.25, 0.3) is 0 Å². The minimum atomic E-state index is 0.325. The predicted octanol–water partition coefficient (Wildman–Crippen LogP) is 0.382. The van der Waals surface area contributed by atoms with Crippen LogP contribution in [0, 0.1) is 6.92 Å². The first kappa shape index (κ1) is 7.60. The molecule has 0 aromatic heterocycles. The molecule has 0 unspecified atom stereocenters. The average molecular weight is 158 g/mol. The standard InChI is InChI=1S/C10H11BO/c1-6-2-3-7-4-5-8(12)9(7)10(6)11/h2-3H,4-5,11H2,1H3. The van der Waals surface area contributed by atoms with E-state index in [0.717, 1.165) is 12.0 Å². The molecule has 0 aliphatic heterocycles. The minimum Gasteiger partial charge on any atom is -0.294 e. The number of rotatable bonds is 0. The second-order valence-electron chi connectivity index (χ2n) is 3.46. The van der Waals surface area contributed by atoms with Gasteiger partial charge in [-0.15, -0.1) is 0 Å². The highest BCUT2D eigenvalue weighted by Gasteiger charge is 2.21. The van der Waals surface area contributed by atoms with E-state index in [1.165, 1.54) is 16.6 Å². The highest BCUT2D eigenvalue weighted by Crippen LogP contribution is 2.20. The van der Waals surface area contributed by atoms with E-state index in [1.54, 1.807) is 0 Å². The van der Waals surface area contributed by atoms with Gasteiger partial charge in [-0.1, -0.05) is 23.2 Å². The largest absolute Gasteiger partial charge is 0.294 e. The van der Waals surface area contributed by atoms with E-state index < -0.39 is 0 Å². The molecule has 1 aromatic carbocycles. The van der Waals surface area contributed by atoms with E-state index in [1.807, 2.05) is 7.85 Å².